The monoisotopic (exact) mass is 243 g/mol. The molecule has 1 N–H and O–H groups in total. The number of halogens is 1. The molecule has 0 aliphatic carbocycles. The first-order valence-corrected chi connectivity index (χ1v) is 6.22. The number of benzene rings is 1. The molecule has 4 heteroatoms. The summed E-state index contributed by atoms with van der Waals surface area (Å²) < 4.78 is 17.6. The molecule has 1 aromatic rings. The normalized spacial score (nSPS) is 12.7. The molecule has 2 nitrogen and oxygen atoms in total. The molecule has 90 valence electrons. The fourth-order valence-corrected chi connectivity index (χ4v) is 2.23. The lowest BCUT2D eigenvalue weighted by Crippen LogP contribution is -2.26. The van der Waals surface area contributed by atoms with Crippen LogP contribution in [0.1, 0.15) is 6.92 Å². The molecule has 1 rings (SSSR count). The van der Waals surface area contributed by atoms with Crippen molar-refractivity contribution >= 4 is 11.8 Å². The minimum Gasteiger partial charge on any atom is -0.383 e. The molecular weight excluding hydrogens is 225 g/mol. The van der Waals surface area contributed by atoms with Crippen LogP contribution in [0.3, 0.4) is 0 Å². The van der Waals surface area contributed by atoms with Crippen molar-refractivity contribution in [1.29, 1.82) is 0 Å². The molecule has 1 unspecified atom stereocenters. The second-order valence-corrected chi connectivity index (χ2v) is 5.09. The topological polar surface area (TPSA) is 21.3 Å². The van der Waals surface area contributed by atoms with Crippen molar-refractivity contribution in [1.82, 2.24) is 5.32 Å². The van der Waals surface area contributed by atoms with E-state index in [1.54, 1.807) is 18.9 Å². The summed E-state index contributed by atoms with van der Waals surface area (Å²) in [6.45, 7) is 4.66. The molecule has 0 amide bonds. The van der Waals surface area contributed by atoms with E-state index in [4.69, 9.17) is 4.74 Å². The smallest absolute Gasteiger partial charge is 0.123 e. The van der Waals surface area contributed by atoms with Crippen LogP contribution >= 0.6 is 11.8 Å². The maximum atomic E-state index is 12.7. The molecule has 0 spiro atoms. The number of hydrogen-bond donors (Lipinski definition) is 1. The quantitative estimate of drug-likeness (QED) is 0.587. The predicted octanol–water partition coefficient (Wildman–Crippen LogP) is 2.54. The van der Waals surface area contributed by atoms with E-state index < -0.39 is 0 Å². The lowest BCUT2D eigenvalue weighted by Gasteiger charge is -2.12. The Balaban J connectivity index is 2.23. The highest BCUT2D eigenvalue weighted by molar-refractivity contribution is 8.00. The number of ether oxygens (including phenoxy) is 1. The van der Waals surface area contributed by atoms with E-state index in [0.717, 1.165) is 24.6 Å². The van der Waals surface area contributed by atoms with Crippen molar-refractivity contribution < 1.29 is 9.13 Å². The third-order valence-electron chi connectivity index (χ3n) is 2.07. The highest BCUT2D eigenvalue weighted by Crippen LogP contribution is 2.22. The van der Waals surface area contributed by atoms with E-state index in [9.17, 15) is 4.39 Å². The van der Waals surface area contributed by atoms with Gasteiger partial charge in [-0.25, -0.2) is 4.39 Å². The maximum absolute atomic E-state index is 12.7. The van der Waals surface area contributed by atoms with Crippen LogP contribution in [0.4, 0.5) is 4.39 Å². The Labute approximate surface area is 101 Å². The van der Waals surface area contributed by atoms with Crippen LogP contribution in [-0.4, -0.2) is 32.1 Å². The van der Waals surface area contributed by atoms with Crippen LogP contribution in [0.25, 0.3) is 0 Å². The minimum absolute atomic E-state index is 0.185. The standard InChI is InChI=1S/C12H18FNOS/c1-10(9-14-7-8-15-2)16-12-5-3-11(13)4-6-12/h3-6,10,14H,7-9H2,1-2H3. The number of rotatable bonds is 7. The van der Waals surface area contributed by atoms with Gasteiger partial charge in [-0.2, -0.15) is 0 Å². The van der Waals surface area contributed by atoms with Gasteiger partial charge in [0.25, 0.3) is 0 Å². The molecule has 1 atom stereocenters. The van der Waals surface area contributed by atoms with Gasteiger partial charge in [-0.15, -0.1) is 11.8 Å². The summed E-state index contributed by atoms with van der Waals surface area (Å²) in [6.07, 6.45) is 0. The van der Waals surface area contributed by atoms with Crippen molar-refractivity contribution in [3.63, 3.8) is 0 Å². The lowest BCUT2D eigenvalue weighted by atomic mass is 10.3. The average Bonchev–Trinajstić information content (AvgIpc) is 2.28. The second kappa shape index (κ2) is 7.65. The van der Waals surface area contributed by atoms with Gasteiger partial charge in [0.2, 0.25) is 0 Å². The Morgan fingerprint density at radius 3 is 2.69 bits per heavy atom. The zero-order valence-electron chi connectivity index (χ0n) is 9.70. The summed E-state index contributed by atoms with van der Waals surface area (Å²) in [5.41, 5.74) is 0. The van der Waals surface area contributed by atoms with E-state index in [0.29, 0.717) is 5.25 Å². The van der Waals surface area contributed by atoms with Crippen molar-refractivity contribution in [2.75, 3.05) is 26.8 Å². The van der Waals surface area contributed by atoms with Crippen molar-refractivity contribution in [2.24, 2.45) is 0 Å². The highest BCUT2D eigenvalue weighted by Gasteiger charge is 2.03. The van der Waals surface area contributed by atoms with E-state index >= 15 is 0 Å². The van der Waals surface area contributed by atoms with Gasteiger partial charge in [-0.1, -0.05) is 6.92 Å². The van der Waals surface area contributed by atoms with E-state index in [1.165, 1.54) is 12.1 Å². The minimum atomic E-state index is -0.185. The molecule has 0 radical (unpaired) electrons. The lowest BCUT2D eigenvalue weighted by molar-refractivity contribution is 0.199. The van der Waals surface area contributed by atoms with E-state index in [2.05, 4.69) is 12.2 Å². The van der Waals surface area contributed by atoms with Crippen LogP contribution in [0.5, 0.6) is 0 Å². The number of hydrogen-bond acceptors (Lipinski definition) is 3. The van der Waals surface area contributed by atoms with Crippen molar-refractivity contribution in [2.45, 2.75) is 17.1 Å². The molecule has 0 aliphatic rings. The Morgan fingerprint density at radius 2 is 2.06 bits per heavy atom. The van der Waals surface area contributed by atoms with Gasteiger partial charge in [-0.3, -0.25) is 0 Å². The van der Waals surface area contributed by atoms with Gasteiger partial charge >= 0.3 is 0 Å². The molecule has 16 heavy (non-hydrogen) atoms. The number of thioether (sulfide) groups is 1. The van der Waals surface area contributed by atoms with Crippen LogP contribution in [0.2, 0.25) is 0 Å². The first kappa shape index (κ1) is 13.5. The molecule has 0 saturated carbocycles. The molecular formula is C12H18FNOS. The summed E-state index contributed by atoms with van der Waals surface area (Å²) in [4.78, 5) is 1.10. The zero-order valence-corrected chi connectivity index (χ0v) is 10.5. The third-order valence-corrected chi connectivity index (χ3v) is 3.18. The fourth-order valence-electron chi connectivity index (χ4n) is 1.27. The van der Waals surface area contributed by atoms with E-state index in [-0.39, 0.29) is 5.82 Å². The summed E-state index contributed by atoms with van der Waals surface area (Å²) in [6, 6.07) is 6.61. The van der Waals surface area contributed by atoms with Gasteiger partial charge in [-0.05, 0) is 24.3 Å². The van der Waals surface area contributed by atoms with Crippen LogP contribution in [-0.2, 0) is 4.74 Å². The summed E-state index contributed by atoms with van der Waals surface area (Å²) in [5, 5.41) is 3.76. The Hall–Kier alpha value is -0.580. The van der Waals surface area contributed by atoms with Crippen LogP contribution < -0.4 is 5.32 Å². The van der Waals surface area contributed by atoms with Gasteiger partial charge in [0.15, 0.2) is 0 Å². The van der Waals surface area contributed by atoms with Crippen molar-refractivity contribution in [3.05, 3.63) is 30.1 Å². The first-order chi connectivity index (χ1) is 7.72. The molecule has 0 aromatic heterocycles. The first-order valence-electron chi connectivity index (χ1n) is 5.34. The summed E-state index contributed by atoms with van der Waals surface area (Å²) >= 11 is 1.74. The molecule has 0 saturated heterocycles. The zero-order chi connectivity index (χ0) is 11.8. The highest BCUT2D eigenvalue weighted by atomic mass is 32.2. The number of nitrogens with one attached hydrogen (secondary N) is 1. The van der Waals surface area contributed by atoms with Gasteiger partial charge < -0.3 is 10.1 Å². The van der Waals surface area contributed by atoms with Gasteiger partial charge in [0, 0.05) is 30.3 Å². The van der Waals surface area contributed by atoms with Gasteiger partial charge in [0.05, 0.1) is 6.61 Å². The predicted molar refractivity (Wildman–Crippen MR) is 66.5 cm³/mol. The largest absolute Gasteiger partial charge is 0.383 e. The molecule has 0 bridgehead atoms. The molecule has 1 aromatic carbocycles. The molecule has 0 heterocycles. The van der Waals surface area contributed by atoms with Crippen LogP contribution in [0.15, 0.2) is 29.2 Å². The van der Waals surface area contributed by atoms with Crippen molar-refractivity contribution in [3.8, 4) is 0 Å². The Morgan fingerprint density at radius 1 is 1.38 bits per heavy atom. The average molecular weight is 243 g/mol. The Bertz CT molecular complexity index is 292. The maximum Gasteiger partial charge on any atom is 0.123 e. The SMILES string of the molecule is COCCNCC(C)Sc1ccc(F)cc1. The van der Waals surface area contributed by atoms with Gasteiger partial charge in [0.1, 0.15) is 5.82 Å². The van der Waals surface area contributed by atoms with E-state index in [1.807, 2.05) is 12.1 Å². The number of methoxy groups -OCH3 is 1. The molecule has 0 aliphatic heterocycles. The fraction of sp³-hybridized carbons (Fsp3) is 0.500. The Kier molecular flexibility index (Phi) is 6.45. The summed E-state index contributed by atoms with van der Waals surface area (Å²) in [5.74, 6) is -0.185. The van der Waals surface area contributed by atoms with Crippen LogP contribution in [0, 0.1) is 5.82 Å². The summed E-state index contributed by atoms with van der Waals surface area (Å²) in [7, 11) is 1.69. The third kappa shape index (κ3) is 5.49. The molecule has 0 fully saturated rings. The second-order valence-electron chi connectivity index (χ2n) is 3.58.